The van der Waals surface area contributed by atoms with Crippen molar-refractivity contribution in [3.8, 4) is 11.1 Å². The lowest BCUT2D eigenvalue weighted by Crippen LogP contribution is -2.25. The second-order valence-corrected chi connectivity index (χ2v) is 8.11. The number of hydrogen-bond acceptors (Lipinski definition) is 2. The summed E-state index contributed by atoms with van der Waals surface area (Å²) in [5, 5.41) is 2.90. The number of nitrogens with one attached hydrogen (secondary N) is 1. The Morgan fingerprint density at radius 1 is 0.971 bits per heavy atom. The minimum atomic E-state index is -0.209. The van der Waals surface area contributed by atoms with E-state index in [1.807, 2.05) is 50.2 Å². The fourth-order valence-electron chi connectivity index (χ4n) is 4.08. The van der Waals surface area contributed by atoms with E-state index in [1.54, 1.807) is 36.1 Å². The molecule has 4 aromatic rings. The zero-order chi connectivity index (χ0) is 24.2. The predicted molar refractivity (Wildman–Crippen MR) is 132 cm³/mol. The van der Waals surface area contributed by atoms with E-state index < -0.39 is 0 Å². The molecule has 0 saturated heterocycles. The van der Waals surface area contributed by atoms with Crippen molar-refractivity contribution in [2.24, 2.45) is 7.05 Å². The van der Waals surface area contributed by atoms with Crippen molar-refractivity contribution in [2.75, 3.05) is 0 Å². The van der Waals surface area contributed by atoms with Crippen molar-refractivity contribution in [2.45, 2.75) is 26.9 Å². The first-order valence-corrected chi connectivity index (χ1v) is 10.8. The molecule has 0 aliphatic carbocycles. The largest absolute Gasteiger partial charge is 0.355 e. The van der Waals surface area contributed by atoms with Gasteiger partial charge in [-0.15, -0.1) is 0 Å². The van der Waals surface area contributed by atoms with Crippen LogP contribution in [-0.4, -0.2) is 20.0 Å². The van der Waals surface area contributed by atoms with Crippen LogP contribution in [-0.2, 0) is 20.1 Å². The molecular formula is C27H24N6O. The average molecular weight is 449 g/mol. The minimum absolute atomic E-state index is 0.209. The van der Waals surface area contributed by atoms with Gasteiger partial charge in [-0.25, -0.2) is 14.7 Å². The molecule has 34 heavy (non-hydrogen) atoms. The number of carbonyl (C=O) groups excluding carboxylic acids is 1. The Balaban J connectivity index is 1.52. The van der Waals surface area contributed by atoms with E-state index in [9.17, 15) is 4.79 Å². The maximum absolute atomic E-state index is 12.3. The zero-order valence-electron chi connectivity index (χ0n) is 19.3. The van der Waals surface area contributed by atoms with Gasteiger partial charge in [0, 0.05) is 49.5 Å². The number of amides is 1. The average Bonchev–Trinajstić information content (AvgIpc) is 3.39. The highest BCUT2D eigenvalue weighted by Crippen LogP contribution is 2.39. The third kappa shape index (κ3) is 4.32. The normalized spacial score (nSPS) is 10.5. The van der Waals surface area contributed by atoms with Gasteiger partial charge in [0.1, 0.15) is 0 Å². The van der Waals surface area contributed by atoms with Crippen LogP contribution in [0.1, 0.15) is 33.1 Å². The number of aryl methyl sites for hydroxylation is 1. The Morgan fingerprint density at radius 2 is 1.65 bits per heavy atom. The molecule has 0 atom stereocenters. The molecule has 0 bridgehead atoms. The Hall–Kier alpha value is -4.62. The molecular weight excluding hydrogens is 424 g/mol. The molecule has 0 fully saturated rings. The smallest absolute Gasteiger partial charge is 0.287 e. The molecule has 2 heterocycles. The Morgan fingerprint density at radius 3 is 2.24 bits per heavy atom. The molecule has 0 aliphatic heterocycles. The number of carbonyl (C=O) groups is 1. The van der Waals surface area contributed by atoms with Gasteiger partial charge in [0.15, 0.2) is 11.5 Å². The summed E-state index contributed by atoms with van der Waals surface area (Å²) in [4.78, 5) is 23.6. The summed E-state index contributed by atoms with van der Waals surface area (Å²) < 4.78 is 3.84. The van der Waals surface area contributed by atoms with Gasteiger partial charge in [-0.05, 0) is 30.5 Å². The van der Waals surface area contributed by atoms with Crippen LogP contribution in [0.5, 0.6) is 0 Å². The van der Waals surface area contributed by atoms with E-state index in [0.717, 1.165) is 33.6 Å². The minimum Gasteiger partial charge on any atom is -0.355 e. The molecule has 4 rings (SSSR count). The fraction of sp³-hybridized carbons (Fsp3) is 0.185. The van der Waals surface area contributed by atoms with Crippen molar-refractivity contribution in [3.63, 3.8) is 0 Å². The monoisotopic (exact) mass is 448 g/mol. The third-order valence-electron chi connectivity index (χ3n) is 5.99. The summed E-state index contributed by atoms with van der Waals surface area (Å²) in [6.45, 7) is 19.9. The third-order valence-corrected chi connectivity index (χ3v) is 5.99. The molecule has 7 nitrogen and oxygen atoms in total. The summed E-state index contributed by atoms with van der Waals surface area (Å²) in [6.07, 6.45) is 3.34. The Kier molecular flexibility index (Phi) is 6.29. The van der Waals surface area contributed by atoms with Gasteiger partial charge in [0.25, 0.3) is 5.91 Å². The van der Waals surface area contributed by atoms with Gasteiger partial charge in [-0.1, -0.05) is 48.5 Å². The van der Waals surface area contributed by atoms with E-state index in [1.165, 1.54) is 0 Å². The first-order chi connectivity index (χ1) is 16.4. The number of hydrogen-bond donors (Lipinski definition) is 1. The topological polar surface area (TPSA) is 60.6 Å². The van der Waals surface area contributed by atoms with Crippen molar-refractivity contribution in [1.29, 1.82) is 0 Å². The van der Waals surface area contributed by atoms with E-state index in [-0.39, 0.29) is 5.91 Å². The summed E-state index contributed by atoms with van der Waals surface area (Å²) >= 11 is 0. The zero-order valence-corrected chi connectivity index (χ0v) is 19.3. The summed E-state index contributed by atoms with van der Waals surface area (Å²) in [5.41, 5.74) is 7.11. The lowest BCUT2D eigenvalue weighted by molar-refractivity contribution is 0.0937. The highest BCUT2D eigenvalue weighted by molar-refractivity contribution is 5.90. The molecule has 0 aliphatic rings. The van der Waals surface area contributed by atoms with Crippen LogP contribution in [0.4, 0.5) is 11.4 Å². The van der Waals surface area contributed by atoms with E-state index in [0.29, 0.717) is 30.3 Å². The summed E-state index contributed by atoms with van der Waals surface area (Å²) in [5.74, 6) is 0.170. The lowest BCUT2D eigenvalue weighted by atomic mass is 10.0. The van der Waals surface area contributed by atoms with Crippen LogP contribution in [0, 0.1) is 27.0 Å². The maximum atomic E-state index is 12.3. The molecule has 2 aromatic carbocycles. The van der Waals surface area contributed by atoms with Crippen molar-refractivity contribution >= 4 is 17.3 Å². The molecule has 0 saturated carbocycles. The van der Waals surface area contributed by atoms with Gasteiger partial charge in [0.05, 0.1) is 13.1 Å². The quantitative estimate of drug-likeness (QED) is 0.391. The summed E-state index contributed by atoms with van der Waals surface area (Å²) in [6, 6.07) is 15.5. The van der Waals surface area contributed by atoms with E-state index >= 15 is 0 Å². The fourth-order valence-corrected chi connectivity index (χ4v) is 4.08. The highest BCUT2D eigenvalue weighted by atomic mass is 16.2. The maximum Gasteiger partial charge on any atom is 0.287 e. The van der Waals surface area contributed by atoms with Gasteiger partial charge >= 0.3 is 0 Å². The van der Waals surface area contributed by atoms with Crippen LogP contribution in [0.2, 0.25) is 0 Å². The molecule has 2 aromatic heterocycles. The predicted octanol–water partition coefficient (Wildman–Crippen LogP) is 5.59. The van der Waals surface area contributed by atoms with Gasteiger partial charge in [0.2, 0.25) is 5.69 Å². The van der Waals surface area contributed by atoms with Gasteiger partial charge in [-0.3, -0.25) is 4.79 Å². The van der Waals surface area contributed by atoms with Crippen LogP contribution in [0.15, 0.2) is 60.9 Å². The van der Waals surface area contributed by atoms with E-state index in [4.69, 9.17) is 13.1 Å². The van der Waals surface area contributed by atoms with Crippen molar-refractivity contribution in [3.05, 3.63) is 112 Å². The van der Waals surface area contributed by atoms with Gasteiger partial charge < -0.3 is 14.5 Å². The van der Waals surface area contributed by atoms with Crippen LogP contribution in [0.25, 0.3) is 20.8 Å². The van der Waals surface area contributed by atoms with Crippen LogP contribution < -0.4 is 5.32 Å². The Bertz CT molecular complexity index is 1430. The summed E-state index contributed by atoms with van der Waals surface area (Å²) in [7, 11) is 1.79. The number of rotatable bonds is 6. The molecule has 1 amide bonds. The second-order valence-electron chi connectivity index (χ2n) is 8.11. The molecule has 0 spiro atoms. The van der Waals surface area contributed by atoms with Crippen molar-refractivity contribution < 1.29 is 4.79 Å². The first kappa shape index (κ1) is 22.6. The Labute approximate surface area is 198 Å². The number of benzene rings is 2. The van der Waals surface area contributed by atoms with Gasteiger partial charge in [-0.2, -0.15) is 0 Å². The second kappa shape index (κ2) is 9.48. The number of nitrogens with zero attached hydrogens (tertiary/aromatic N) is 5. The first-order valence-electron chi connectivity index (χ1n) is 10.8. The van der Waals surface area contributed by atoms with Crippen molar-refractivity contribution in [1.82, 2.24) is 19.4 Å². The number of imidazole rings is 1. The molecule has 168 valence electrons. The molecule has 7 heteroatoms. The molecule has 1 N–H and O–H groups in total. The SMILES string of the molecule is [C-]#[N+]c1ccc(-c2c([N+]#[C-])c(C)n(Cc3ccc(CNC(=O)c4nccn4C)cc3)c2C)cc1. The molecule has 0 radical (unpaired) electrons. The van der Waals surface area contributed by atoms with Crippen LogP contribution in [0.3, 0.4) is 0 Å². The van der Waals surface area contributed by atoms with Crippen LogP contribution >= 0.6 is 0 Å². The highest BCUT2D eigenvalue weighted by Gasteiger charge is 2.19. The van der Waals surface area contributed by atoms with E-state index in [2.05, 4.69) is 24.6 Å². The standard InChI is InChI=1S/C27H24N6O/c1-18-24(22-10-12-23(28-3)13-11-22)25(29-4)19(2)33(18)17-21-8-6-20(7-9-21)16-31-27(34)26-30-14-15-32(26)5/h6-15H,16-17H2,1-2,5H3,(H,31,34). The lowest BCUT2D eigenvalue weighted by Gasteiger charge is -2.12. The molecule has 0 unspecified atom stereocenters. The number of aromatic nitrogens is 3.